The lowest BCUT2D eigenvalue weighted by atomic mass is 9.98. The fourth-order valence-corrected chi connectivity index (χ4v) is 3.42. The highest BCUT2D eigenvalue weighted by molar-refractivity contribution is 7.09. The molecule has 0 bridgehead atoms. The van der Waals surface area contributed by atoms with Crippen LogP contribution in [0.1, 0.15) is 34.3 Å². The topological polar surface area (TPSA) is 42.4 Å². The molecule has 0 N–H and O–H groups in total. The van der Waals surface area contributed by atoms with Gasteiger partial charge in [0.2, 0.25) is 0 Å². The number of alkyl halides is 2. The number of carbonyl (C=O) groups is 1. The monoisotopic (exact) mass is 308 g/mol. The van der Waals surface area contributed by atoms with E-state index >= 15 is 0 Å². The number of hydrogen-bond donors (Lipinski definition) is 0. The van der Waals surface area contributed by atoms with Crippen molar-refractivity contribution in [2.45, 2.75) is 23.6 Å². The van der Waals surface area contributed by atoms with Gasteiger partial charge in [-0.2, -0.15) is 0 Å². The van der Waals surface area contributed by atoms with Crippen LogP contribution in [0.2, 0.25) is 0 Å². The molecule has 1 saturated heterocycles. The third-order valence-electron chi connectivity index (χ3n) is 3.04. The molecule has 1 fully saturated rings. The molecule has 100 valence electrons. The fourth-order valence-electron chi connectivity index (χ4n) is 2.03. The molecule has 2 heterocycles. The molecule has 18 heavy (non-hydrogen) atoms. The number of nitrogens with zero attached hydrogens (tertiary/aromatic N) is 2. The van der Waals surface area contributed by atoms with Crippen molar-refractivity contribution in [2.24, 2.45) is 0 Å². The number of likely N-dealkylation sites (tertiary alicyclic amines) is 1. The Morgan fingerprint density at radius 3 is 2.72 bits per heavy atom. The number of ether oxygens (including phenoxy) is 1. The van der Waals surface area contributed by atoms with Crippen LogP contribution < -0.4 is 0 Å². The molecule has 0 saturated carbocycles. The van der Waals surface area contributed by atoms with E-state index in [1.54, 1.807) is 16.2 Å². The average Bonchev–Trinajstić information content (AvgIpc) is 2.88. The molecule has 0 spiro atoms. The highest BCUT2D eigenvalue weighted by Gasteiger charge is 2.26. The summed E-state index contributed by atoms with van der Waals surface area (Å²) in [6.07, 6.45) is 1.55. The number of amides is 1. The summed E-state index contributed by atoms with van der Waals surface area (Å²) in [5, 5.41) is 2.95. The molecule has 7 heteroatoms. The van der Waals surface area contributed by atoms with Crippen molar-refractivity contribution in [2.75, 3.05) is 20.2 Å². The minimum Gasteiger partial charge on any atom is -0.453 e. The molecule has 4 nitrogen and oxygen atoms in total. The number of halogens is 2. The van der Waals surface area contributed by atoms with Gasteiger partial charge in [-0.3, -0.25) is 0 Å². The van der Waals surface area contributed by atoms with E-state index in [4.69, 9.17) is 27.9 Å². The quantitative estimate of drug-likeness (QED) is 0.784. The summed E-state index contributed by atoms with van der Waals surface area (Å²) >= 11 is 13.1. The number of hydrogen-bond acceptors (Lipinski definition) is 4. The van der Waals surface area contributed by atoms with Crippen LogP contribution in [0.4, 0.5) is 4.79 Å². The lowest BCUT2D eigenvalue weighted by Crippen LogP contribution is -2.37. The smallest absolute Gasteiger partial charge is 0.409 e. The van der Waals surface area contributed by atoms with E-state index in [0.29, 0.717) is 24.7 Å². The Labute approximate surface area is 120 Å². The summed E-state index contributed by atoms with van der Waals surface area (Å²) in [6.45, 7) is 1.41. The van der Waals surface area contributed by atoms with Gasteiger partial charge in [0.05, 0.1) is 17.8 Å². The van der Waals surface area contributed by atoms with Crippen LogP contribution in [0.5, 0.6) is 0 Å². The van der Waals surface area contributed by atoms with E-state index in [1.165, 1.54) is 7.11 Å². The lowest BCUT2D eigenvalue weighted by molar-refractivity contribution is 0.112. The third kappa shape index (κ3) is 3.08. The van der Waals surface area contributed by atoms with Gasteiger partial charge in [0, 0.05) is 24.4 Å². The van der Waals surface area contributed by atoms with Gasteiger partial charge < -0.3 is 9.64 Å². The second-order valence-corrected chi connectivity index (χ2v) is 6.13. The Morgan fingerprint density at radius 1 is 1.56 bits per heavy atom. The lowest BCUT2D eigenvalue weighted by Gasteiger charge is -2.29. The standard InChI is InChI=1S/C11H14Cl2N2O2S/c1-17-11(16)15-4-2-7(3-5-15)10-14-8(6-18-10)9(12)13/h6-7,9H,2-5H2,1H3. The molecule has 1 aliphatic heterocycles. The number of aromatic nitrogens is 1. The SMILES string of the molecule is COC(=O)N1CCC(c2nc(C(Cl)Cl)cs2)CC1. The summed E-state index contributed by atoms with van der Waals surface area (Å²) in [5.74, 6) is 0.386. The minimum absolute atomic E-state index is 0.255. The van der Waals surface area contributed by atoms with Crippen molar-refractivity contribution in [3.05, 3.63) is 16.1 Å². The van der Waals surface area contributed by atoms with E-state index in [2.05, 4.69) is 4.98 Å². The zero-order valence-electron chi connectivity index (χ0n) is 9.94. The first-order valence-electron chi connectivity index (χ1n) is 5.68. The zero-order chi connectivity index (χ0) is 13.1. The summed E-state index contributed by atoms with van der Waals surface area (Å²) < 4.78 is 4.71. The summed E-state index contributed by atoms with van der Waals surface area (Å²) in [6, 6.07) is 0. The maximum Gasteiger partial charge on any atom is 0.409 e. The third-order valence-corrected chi connectivity index (χ3v) is 4.51. The highest BCUT2D eigenvalue weighted by atomic mass is 35.5. The molecule has 0 radical (unpaired) electrons. The van der Waals surface area contributed by atoms with Crippen LogP contribution in [0.15, 0.2) is 5.38 Å². The second-order valence-electron chi connectivity index (χ2n) is 4.14. The Kier molecular flexibility index (Phi) is 4.70. The molecule has 2 rings (SSSR count). The second kappa shape index (κ2) is 6.08. The molecule has 1 aliphatic rings. The number of piperidine rings is 1. The van der Waals surface area contributed by atoms with Crippen LogP contribution in [0, 0.1) is 0 Å². The fraction of sp³-hybridized carbons (Fsp3) is 0.636. The predicted octanol–water partition coefficient (Wildman–Crippen LogP) is 3.57. The number of rotatable bonds is 2. The van der Waals surface area contributed by atoms with Crippen LogP contribution in [0.25, 0.3) is 0 Å². The molecule has 0 aromatic carbocycles. The number of thiazole rings is 1. The van der Waals surface area contributed by atoms with Gasteiger partial charge in [-0.15, -0.1) is 11.3 Å². The molecule has 0 aliphatic carbocycles. The summed E-state index contributed by atoms with van der Waals surface area (Å²) in [5.41, 5.74) is 0.716. The summed E-state index contributed by atoms with van der Waals surface area (Å²) in [4.78, 5) is 17.0. The van der Waals surface area contributed by atoms with Crippen molar-refractivity contribution >= 4 is 40.6 Å². The molecular weight excluding hydrogens is 295 g/mol. The Morgan fingerprint density at radius 2 is 2.22 bits per heavy atom. The predicted molar refractivity (Wildman–Crippen MR) is 72.5 cm³/mol. The van der Waals surface area contributed by atoms with Crippen LogP contribution >= 0.6 is 34.5 Å². The Hall–Kier alpha value is -0.520. The van der Waals surface area contributed by atoms with E-state index in [1.807, 2.05) is 5.38 Å². The van der Waals surface area contributed by atoms with Gasteiger partial charge in [0.25, 0.3) is 0 Å². The first-order chi connectivity index (χ1) is 8.61. The molecule has 0 atom stereocenters. The molecule has 1 amide bonds. The van der Waals surface area contributed by atoms with Crippen molar-refractivity contribution in [3.8, 4) is 0 Å². The number of carbonyl (C=O) groups excluding carboxylic acids is 1. The first-order valence-corrected chi connectivity index (χ1v) is 7.43. The maximum atomic E-state index is 11.4. The number of methoxy groups -OCH3 is 1. The highest BCUT2D eigenvalue weighted by Crippen LogP contribution is 2.33. The van der Waals surface area contributed by atoms with Crippen LogP contribution in [0.3, 0.4) is 0 Å². The van der Waals surface area contributed by atoms with Gasteiger partial charge in [-0.1, -0.05) is 23.2 Å². The van der Waals surface area contributed by atoms with Gasteiger partial charge in [-0.25, -0.2) is 9.78 Å². The van der Waals surface area contributed by atoms with E-state index in [9.17, 15) is 4.79 Å². The van der Waals surface area contributed by atoms with Crippen molar-refractivity contribution in [1.29, 1.82) is 0 Å². The Bertz CT molecular complexity index is 417. The molecule has 0 unspecified atom stereocenters. The van der Waals surface area contributed by atoms with Crippen molar-refractivity contribution < 1.29 is 9.53 Å². The van der Waals surface area contributed by atoms with Gasteiger partial charge in [0.15, 0.2) is 0 Å². The zero-order valence-corrected chi connectivity index (χ0v) is 12.3. The molecular formula is C11H14Cl2N2O2S. The van der Waals surface area contributed by atoms with E-state index in [-0.39, 0.29) is 6.09 Å². The molecule has 1 aromatic rings. The first kappa shape index (κ1) is 13.9. The molecule has 1 aromatic heterocycles. The average molecular weight is 309 g/mol. The Balaban J connectivity index is 1.94. The van der Waals surface area contributed by atoms with Crippen molar-refractivity contribution in [1.82, 2.24) is 9.88 Å². The van der Waals surface area contributed by atoms with Gasteiger partial charge >= 0.3 is 6.09 Å². The van der Waals surface area contributed by atoms with Gasteiger partial charge in [0.1, 0.15) is 4.84 Å². The van der Waals surface area contributed by atoms with E-state index in [0.717, 1.165) is 17.8 Å². The maximum absolute atomic E-state index is 11.4. The van der Waals surface area contributed by atoms with Crippen LogP contribution in [-0.4, -0.2) is 36.2 Å². The largest absolute Gasteiger partial charge is 0.453 e. The van der Waals surface area contributed by atoms with Crippen LogP contribution in [-0.2, 0) is 4.74 Å². The minimum atomic E-state index is -0.565. The summed E-state index contributed by atoms with van der Waals surface area (Å²) in [7, 11) is 1.41. The van der Waals surface area contributed by atoms with E-state index < -0.39 is 4.84 Å². The van der Waals surface area contributed by atoms with Gasteiger partial charge in [-0.05, 0) is 12.8 Å². The van der Waals surface area contributed by atoms with Crippen molar-refractivity contribution in [3.63, 3.8) is 0 Å². The normalized spacial score (nSPS) is 17.2.